The van der Waals surface area contributed by atoms with E-state index in [1.54, 1.807) is 36.9 Å². The smallest absolute Gasteiger partial charge is 0.252 e. The lowest BCUT2D eigenvalue weighted by molar-refractivity contribution is 0.0953. The summed E-state index contributed by atoms with van der Waals surface area (Å²) in [4.78, 5) is 22.5. The van der Waals surface area contributed by atoms with Gasteiger partial charge in [0.1, 0.15) is 5.82 Å². The molecule has 0 aliphatic rings. The fourth-order valence-corrected chi connectivity index (χ4v) is 1.33. The second kappa shape index (κ2) is 5.06. The fraction of sp³-hybridized carbons (Fsp3) is 0.182. The molecule has 0 spiro atoms. The van der Waals surface area contributed by atoms with Crippen molar-refractivity contribution in [2.24, 2.45) is 0 Å². The minimum Gasteiger partial charge on any atom is -0.352 e. The largest absolute Gasteiger partial charge is 0.352 e. The van der Waals surface area contributed by atoms with Gasteiger partial charge in [0.05, 0.1) is 5.56 Å². The molecule has 5 heteroatoms. The summed E-state index contributed by atoms with van der Waals surface area (Å²) in [5.41, 5.74) is 0.571. The highest BCUT2D eigenvalue weighted by Crippen LogP contribution is 1.95. The Labute approximate surface area is 92.9 Å². The quantitative estimate of drug-likeness (QED) is 0.793. The van der Waals surface area contributed by atoms with Crippen molar-refractivity contribution >= 4 is 5.91 Å². The Kier molecular flexibility index (Phi) is 3.28. The topological polar surface area (TPSA) is 70.7 Å². The number of hydrogen-bond donors (Lipinski definition) is 2. The van der Waals surface area contributed by atoms with Crippen LogP contribution in [0.5, 0.6) is 0 Å². The van der Waals surface area contributed by atoms with E-state index in [1.807, 2.05) is 0 Å². The van der Waals surface area contributed by atoms with Gasteiger partial charge in [0.2, 0.25) is 0 Å². The zero-order valence-corrected chi connectivity index (χ0v) is 8.68. The highest BCUT2D eigenvalue weighted by Gasteiger charge is 2.04. The van der Waals surface area contributed by atoms with Gasteiger partial charge in [0.15, 0.2) is 0 Å². The van der Waals surface area contributed by atoms with Gasteiger partial charge in [0, 0.05) is 37.8 Å². The molecule has 2 aromatic rings. The summed E-state index contributed by atoms with van der Waals surface area (Å²) >= 11 is 0. The molecule has 2 N–H and O–H groups in total. The van der Waals surface area contributed by atoms with Gasteiger partial charge >= 0.3 is 0 Å². The Morgan fingerprint density at radius 3 is 3.06 bits per heavy atom. The second-order valence-corrected chi connectivity index (χ2v) is 3.28. The van der Waals surface area contributed by atoms with E-state index in [0.717, 1.165) is 5.82 Å². The third-order valence-electron chi connectivity index (χ3n) is 2.13. The predicted molar refractivity (Wildman–Crippen MR) is 58.9 cm³/mol. The van der Waals surface area contributed by atoms with Gasteiger partial charge in [-0.25, -0.2) is 4.98 Å². The number of imidazole rings is 1. The number of aromatic nitrogens is 3. The second-order valence-electron chi connectivity index (χ2n) is 3.28. The molecule has 0 aliphatic carbocycles. The highest BCUT2D eigenvalue weighted by molar-refractivity contribution is 5.93. The summed E-state index contributed by atoms with van der Waals surface area (Å²) < 4.78 is 0. The average molecular weight is 216 g/mol. The molecule has 0 aliphatic heterocycles. The lowest BCUT2D eigenvalue weighted by Gasteiger charge is -2.02. The van der Waals surface area contributed by atoms with Crippen LogP contribution < -0.4 is 5.32 Å². The van der Waals surface area contributed by atoms with Crippen molar-refractivity contribution < 1.29 is 4.79 Å². The van der Waals surface area contributed by atoms with Crippen molar-refractivity contribution in [1.82, 2.24) is 20.3 Å². The van der Waals surface area contributed by atoms with Crippen molar-refractivity contribution in [3.63, 3.8) is 0 Å². The van der Waals surface area contributed by atoms with Crippen LogP contribution in [-0.4, -0.2) is 27.4 Å². The molecule has 0 saturated carbocycles. The maximum absolute atomic E-state index is 11.6. The number of nitrogens with one attached hydrogen (secondary N) is 2. The summed E-state index contributed by atoms with van der Waals surface area (Å²) in [6.07, 6.45) is 7.33. The van der Waals surface area contributed by atoms with E-state index in [-0.39, 0.29) is 5.91 Å². The molecule has 0 atom stereocenters. The van der Waals surface area contributed by atoms with Crippen molar-refractivity contribution in [1.29, 1.82) is 0 Å². The summed E-state index contributed by atoms with van der Waals surface area (Å²) in [6.45, 7) is 0.557. The van der Waals surface area contributed by atoms with Crippen LogP contribution >= 0.6 is 0 Å². The standard InChI is InChI=1S/C11H12N4O/c16-11(9-2-1-4-12-8-9)15-5-3-10-13-6-7-14-10/h1-2,4,6-8H,3,5H2,(H,13,14)(H,15,16). The van der Waals surface area contributed by atoms with E-state index in [2.05, 4.69) is 20.3 Å². The van der Waals surface area contributed by atoms with E-state index >= 15 is 0 Å². The summed E-state index contributed by atoms with van der Waals surface area (Å²) in [6, 6.07) is 3.47. The summed E-state index contributed by atoms with van der Waals surface area (Å²) in [7, 11) is 0. The van der Waals surface area contributed by atoms with Gasteiger partial charge in [-0.15, -0.1) is 0 Å². The molecule has 2 rings (SSSR count). The van der Waals surface area contributed by atoms with Crippen LogP contribution in [0.4, 0.5) is 0 Å². The van der Waals surface area contributed by atoms with Gasteiger partial charge in [-0.1, -0.05) is 0 Å². The number of pyridine rings is 1. The number of carbonyl (C=O) groups excluding carboxylic acids is 1. The number of hydrogen-bond acceptors (Lipinski definition) is 3. The Hall–Kier alpha value is -2.17. The van der Waals surface area contributed by atoms with Gasteiger partial charge < -0.3 is 10.3 Å². The third kappa shape index (κ3) is 2.66. The van der Waals surface area contributed by atoms with E-state index in [4.69, 9.17) is 0 Å². The Morgan fingerprint density at radius 1 is 1.44 bits per heavy atom. The third-order valence-corrected chi connectivity index (χ3v) is 2.13. The average Bonchev–Trinajstić information content (AvgIpc) is 2.83. The number of aromatic amines is 1. The van der Waals surface area contributed by atoms with Crippen molar-refractivity contribution in [3.05, 3.63) is 48.3 Å². The molecule has 0 aromatic carbocycles. The first kappa shape index (κ1) is 10.4. The van der Waals surface area contributed by atoms with E-state index in [1.165, 1.54) is 0 Å². The minimum absolute atomic E-state index is 0.111. The zero-order valence-electron chi connectivity index (χ0n) is 8.68. The number of H-pyrrole nitrogens is 1. The first-order chi connectivity index (χ1) is 7.86. The molecule has 2 aromatic heterocycles. The predicted octanol–water partition coefficient (Wildman–Crippen LogP) is 0.777. The van der Waals surface area contributed by atoms with Gasteiger partial charge in [0.25, 0.3) is 5.91 Å². The molecular formula is C11H12N4O. The van der Waals surface area contributed by atoms with Crippen molar-refractivity contribution in [2.75, 3.05) is 6.54 Å². The molecule has 0 fully saturated rings. The summed E-state index contributed by atoms with van der Waals surface area (Å²) in [5, 5.41) is 2.80. The molecule has 0 unspecified atom stereocenters. The number of nitrogens with zero attached hydrogens (tertiary/aromatic N) is 2. The van der Waals surface area contributed by atoms with Crippen LogP contribution in [0.15, 0.2) is 36.9 Å². The van der Waals surface area contributed by atoms with Crippen molar-refractivity contribution in [3.8, 4) is 0 Å². The molecule has 16 heavy (non-hydrogen) atoms. The normalized spacial score (nSPS) is 10.0. The maximum Gasteiger partial charge on any atom is 0.252 e. The summed E-state index contributed by atoms with van der Waals surface area (Å²) in [5.74, 6) is 0.756. The van der Waals surface area contributed by atoms with Crippen LogP contribution in [0, 0.1) is 0 Å². The maximum atomic E-state index is 11.6. The van der Waals surface area contributed by atoms with Crippen LogP contribution in [0.2, 0.25) is 0 Å². The number of amides is 1. The highest BCUT2D eigenvalue weighted by atomic mass is 16.1. The molecule has 0 bridgehead atoms. The molecular weight excluding hydrogens is 204 g/mol. The molecule has 1 amide bonds. The van der Waals surface area contributed by atoms with Gasteiger partial charge in [-0.05, 0) is 12.1 Å². The van der Waals surface area contributed by atoms with Crippen LogP contribution in [0.1, 0.15) is 16.2 Å². The molecule has 0 saturated heterocycles. The fourth-order valence-electron chi connectivity index (χ4n) is 1.33. The molecule has 82 valence electrons. The Balaban J connectivity index is 1.81. The monoisotopic (exact) mass is 216 g/mol. The lowest BCUT2D eigenvalue weighted by Crippen LogP contribution is -2.25. The first-order valence-corrected chi connectivity index (χ1v) is 5.03. The Bertz CT molecular complexity index is 438. The number of carbonyl (C=O) groups is 1. The Morgan fingerprint density at radius 2 is 2.38 bits per heavy atom. The van der Waals surface area contributed by atoms with Crippen LogP contribution in [0.25, 0.3) is 0 Å². The molecule has 2 heterocycles. The van der Waals surface area contributed by atoms with E-state index in [9.17, 15) is 4.79 Å². The minimum atomic E-state index is -0.111. The lowest BCUT2D eigenvalue weighted by atomic mass is 10.2. The first-order valence-electron chi connectivity index (χ1n) is 5.03. The van der Waals surface area contributed by atoms with Crippen LogP contribution in [0.3, 0.4) is 0 Å². The number of rotatable bonds is 4. The van der Waals surface area contributed by atoms with Gasteiger partial charge in [-0.3, -0.25) is 9.78 Å². The SMILES string of the molecule is O=C(NCCc1ncc[nH]1)c1cccnc1. The zero-order chi connectivity index (χ0) is 11.2. The molecule has 5 nitrogen and oxygen atoms in total. The van der Waals surface area contributed by atoms with E-state index < -0.39 is 0 Å². The van der Waals surface area contributed by atoms with E-state index in [0.29, 0.717) is 18.5 Å². The van der Waals surface area contributed by atoms with Gasteiger partial charge in [-0.2, -0.15) is 0 Å². The molecule has 0 radical (unpaired) electrons. The van der Waals surface area contributed by atoms with Crippen molar-refractivity contribution in [2.45, 2.75) is 6.42 Å². The van der Waals surface area contributed by atoms with Crippen LogP contribution in [-0.2, 0) is 6.42 Å².